The van der Waals surface area contributed by atoms with Crippen LogP contribution in [0.15, 0.2) is 42.5 Å². The van der Waals surface area contributed by atoms with E-state index in [0.717, 1.165) is 61.0 Å². The Hall–Kier alpha value is -1.64. The molecular weight excluding hydrogens is 410 g/mol. The summed E-state index contributed by atoms with van der Waals surface area (Å²) in [6, 6.07) is 13.5. The first-order valence-electron chi connectivity index (χ1n) is 11.6. The number of halogens is 1. The van der Waals surface area contributed by atoms with E-state index in [1.54, 1.807) is 6.07 Å². The summed E-state index contributed by atoms with van der Waals surface area (Å²) in [5.74, 6) is 2.23. The predicted molar refractivity (Wildman–Crippen MR) is 124 cm³/mol. The van der Waals surface area contributed by atoms with Crippen molar-refractivity contribution < 1.29 is 18.6 Å². The van der Waals surface area contributed by atoms with Crippen molar-refractivity contribution in [2.75, 3.05) is 19.4 Å². The van der Waals surface area contributed by atoms with Crippen LogP contribution >= 0.6 is 7.37 Å². The zero-order valence-corrected chi connectivity index (χ0v) is 19.5. The maximum atomic E-state index is 14.2. The molecule has 0 aliphatic heterocycles. The van der Waals surface area contributed by atoms with E-state index in [9.17, 15) is 13.8 Å². The van der Waals surface area contributed by atoms with Gasteiger partial charge in [-0.1, -0.05) is 29.8 Å². The number of benzene rings is 2. The van der Waals surface area contributed by atoms with E-state index in [4.69, 9.17) is 4.74 Å². The largest absolute Gasteiger partial charge is 0.493 e. The Balaban J connectivity index is 1.32. The highest BCUT2D eigenvalue weighted by Gasteiger charge is 2.35. The summed E-state index contributed by atoms with van der Waals surface area (Å²) < 4.78 is 32.4. The van der Waals surface area contributed by atoms with Crippen molar-refractivity contribution in [3.63, 3.8) is 0 Å². The molecule has 4 rings (SSSR count). The van der Waals surface area contributed by atoms with Crippen LogP contribution in [0.3, 0.4) is 0 Å². The monoisotopic (exact) mass is 444 g/mol. The van der Waals surface area contributed by atoms with Gasteiger partial charge in [0.2, 0.25) is 0 Å². The third kappa shape index (κ3) is 6.20. The van der Waals surface area contributed by atoms with Crippen LogP contribution in [0.5, 0.6) is 5.75 Å². The van der Waals surface area contributed by atoms with Crippen LogP contribution in [0, 0.1) is 24.6 Å². The van der Waals surface area contributed by atoms with Gasteiger partial charge in [0.25, 0.3) is 0 Å². The van der Waals surface area contributed by atoms with Crippen molar-refractivity contribution >= 4 is 7.37 Å². The van der Waals surface area contributed by atoms with E-state index in [-0.39, 0.29) is 11.7 Å². The fourth-order valence-corrected chi connectivity index (χ4v) is 6.29. The van der Waals surface area contributed by atoms with Gasteiger partial charge in [-0.25, -0.2) is 4.39 Å². The number of hydrogen-bond donors (Lipinski definition) is 1. The molecule has 1 N–H and O–H groups in total. The number of aryl methyl sites for hydroxylation is 1. The summed E-state index contributed by atoms with van der Waals surface area (Å²) in [6.45, 7) is 4.15. The topological polar surface area (TPSA) is 46.5 Å². The van der Waals surface area contributed by atoms with Gasteiger partial charge in [0.1, 0.15) is 11.6 Å². The van der Waals surface area contributed by atoms with Crippen molar-refractivity contribution in [1.29, 1.82) is 0 Å². The number of hydrogen-bond acceptors (Lipinski definition) is 2. The van der Waals surface area contributed by atoms with Gasteiger partial charge in [0.05, 0.1) is 6.61 Å². The SMILES string of the molecule is Cc1ccc(F)c(C2CCC(COc3cccc([C@@H](CP(C)(=O)O)C4CC4)c3)CC2)c1. The minimum Gasteiger partial charge on any atom is -0.493 e. The highest BCUT2D eigenvalue weighted by molar-refractivity contribution is 7.57. The molecule has 2 atom stereocenters. The second kappa shape index (κ2) is 9.46. The molecule has 5 heteroatoms. The third-order valence-corrected chi connectivity index (χ3v) is 8.01. The molecule has 0 radical (unpaired) electrons. The van der Waals surface area contributed by atoms with Crippen molar-refractivity contribution in [2.24, 2.45) is 11.8 Å². The summed E-state index contributed by atoms with van der Waals surface area (Å²) >= 11 is 0. The zero-order chi connectivity index (χ0) is 22.0. The van der Waals surface area contributed by atoms with Crippen molar-refractivity contribution in [3.05, 3.63) is 65.0 Å². The molecule has 2 aromatic carbocycles. The molecule has 1 unspecified atom stereocenters. The summed E-state index contributed by atoms with van der Waals surface area (Å²) in [7, 11) is -3.06. The Morgan fingerprint density at radius 2 is 1.84 bits per heavy atom. The summed E-state index contributed by atoms with van der Waals surface area (Å²) in [6.07, 6.45) is 6.72. The molecule has 0 aromatic heterocycles. The predicted octanol–water partition coefficient (Wildman–Crippen LogP) is 6.88. The molecule has 2 aromatic rings. The molecule has 3 nitrogen and oxygen atoms in total. The second-order valence-corrected chi connectivity index (χ2v) is 12.3. The minimum atomic E-state index is -3.06. The van der Waals surface area contributed by atoms with E-state index < -0.39 is 7.37 Å². The standard InChI is InChI=1S/C26H34FO3P/c1-18-6-13-26(27)24(14-18)20-9-7-19(8-10-20)16-30-23-5-3-4-22(15-23)25(21-11-12-21)17-31(2,28)29/h3-6,13-15,19-21,25H,7-12,16-17H2,1-2H3,(H,28,29)/t19?,20?,25-/m0/s1. The van der Waals surface area contributed by atoms with Gasteiger partial charge in [0.15, 0.2) is 7.37 Å². The first kappa shape index (κ1) is 22.6. The summed E-state index contributed by atoms with van der Waals surface area (Å²) in [5, 5.41) is 0. The molecule has 0 bridgehead atoms. The van der Waals surface area contributed by atoms with Crippen molar-refractivity contribution in [3.8, 4) is 5.75 Å². The number of rotatable bonds is 8. The van der Waals surface area contributed by atoms with Crippen molar-refractivity contribution in [1.82, 2.24) is 0 Å². The van der Waals surface area contributed by atoms with Crippen LogP contribution in [-0.2, 0) is 4.57 Å². The van der Waals surface area contributed by atoms with Crippen LogP contribution in [-0.4, -0.2) is 24.3 Å². The normalized spacial score (nSPS) is 24.4. The maximum absolute atomic E-state index is 14.2. The third-order valence-electron chi connectivity index (χ3n) is 6.94. The fraction of sp³-hybridized carbons (Fsp3) is 0.538. The van der Waals surface area contributed by atoms with E-state index in [1.807, 2.05) is 31.2 Å². The van der Waals surface area contributed by atoms with Crippen LogP contribution in [0.4, 0.5) is 4.39 Å². The van der Waals surface area contributed by atoms with Gasteiger partial charge in [0, 0.05) is 12.8 Å². The zero-order valence-electron chi connectivity index (χ0n) is 18.6. The van der Waals surface area contributed by atoms with Gasteiger partial charge in [-0.05, 0) is 98.4 Å². The highest BCUT2D eigenvalue weighted by Crippen LogP contribution is 2.50. The molecule has 2 aliphatic rings. The van der Waals surface area contributed by atoms with Gasteiger partial charge in [-0.2, -0.15) is 0 Å². The van der Waals surface area contributed by atoms with Crippen molar-refractivity contribution in [2.45, 2.75) is 57.3 Å². The van der Waals surface area contributed by atoms with Crippen LogP contribution in [0.25, 0.3) is 0 Å². The van der Waals surface area contributed by atoms with Crippen LogP contribution in [0.2, 0.25) is 0 Å². The quantitative estimate of drug-likeness (QED) is 0.452. The van der Waals surface area contributed by atoms with E-state index in [2.05, 4.69) is 12.1 Å². The Bertz CT molecular complexity index is 941. The first-order valence-corrected chi connectivity index (χ1v) is 13.9. The molecular formula is C26H34FO3P. The van der Waals surface area contributed by atoms with Gasteiger partial charge in [-0.3, -0.25) is 4.57 Å². The summed E-state index contributed by atoms with van der Waals surface area (Å²) in [4.78, 5) is 9.91. The van der Waals surface area contributed by atoms with Gasteiger partial charge in [-0.15, -0.1) is 0 Å². The lowest BCUT2D eigenvalue weighted by atomic mass is 9.78. The molecule has 0 heterocycles. The lowest BCUT2D eigenvalue weighted by molar-refractivity contribution is 0.199. The second-order valence-electron chi connectivity index (χ2n) is 9.80. The van der Waals surface area contributed by atoms with E-state index >= 15 is 0 Å². The molecule has 0 amide bonds. The average Bonchev–Trinajstić information content (AvgIpc) is 3.58. The molecule has 0 spiro atoms. The molecule has 2 saturated carbocycles. The lowest BCUT2D eigenvalue weighted by Crippen LogP contribution is -2.20. The first-order chi connectivity index (χ1) is 14.8. The Kier molecular flexibility index (Phi) is 6.89. The molecule has 31 heavy (non-hydrogen) atoms. The lowest BCUT2D eigenvalue weighted by Gasteiger charge is -2.29. The highest BCUT2D eigenvalue weighted by atomic mass is 31.2. The fourth-order valence-electron chi connectivity index (χ4n) is 5.06. The molecule has 0 saturated heterocycles. The van der Waals surface area contributed by atoms with Gasteiger partial charge >= 0.3 is 0 Å². The molecule has 168 valence electrons. The Morgan fingerprint density at radius 3 is 2.52 bits per heavy atom. The number of ether oxygens (including phenoxy) is 1. The molecule has 2 fully saturated rings. The van der Waals surface area contributed by atoms with E-state index in [0.29, 0.717) is 30.5 Å². The average molecular weight is 445 g/mol. The van der Waals surface area contributed by atoms with Gasteiger partial charge < -0.3 is 9.63 Å². The maximum Gasteiger partial charge on any atom is 0.198 e. The Labute approximate surface area is 185 Å². The van der Waals surface area contributed by atoms with Crippen LogP contribution < -0.4 is 4.74 Å². The smallest absolute Gasteiger partial charge is 0.198 e. The summed E-state index contributed by atoms with van der Waals surface area (Å²) in [5.41, 5.74) is 3.11. The molecule has 2 aliphatic carbocycles. The Morgan fingerprint density at radius 1 is 1.10 bits per heavy atom. The van der Waals surface area contributed by atoms with E-state index in [1.165, 1.54) is 6.66 Å². The minimum absolute atomic E-state index is 0.0770. The van der Waals surface area contributed by atoms with Crippen LogP contribution in [0.1, 0.15) is 67.1 Å².